The van der Waals surface area contributed by atoms with Gasteiger partial charge in [-0.1, -0.05) is 12.5 Å². The molecule has 2 saturated carbocycles. The summed E-state index contributed by atoms with van der Waals surface area (Å²) < 4.78 is 0. The smallest absolute Gasteiger partial charge is 0.243 e. The van der Waals surface area contributed by atoms with Gasteiger partial charge in [-0.25, -0.2) is 0 Å². The monoisotopic (exact) mass is 302 g/mol. The van der Waals surface area contributed by atoms with Crippen LogP contribution in [0.5, 0.6) is 0 Å². The first-order chi connectivity index (χ1) is 10.4. The number of carbonyl (C=O) groups excluding carboxylic acids is 2. The number of hydrogen-bond donors (Lipinski definition) is 2. The number of amides is 2. The molecule has 2 aliphatic heterocycles. The van der Waals surface area contributed by atoms with Gasteiger partial charge < -0.3 is 10.6 Å². The lowest BCUT2D eigenvalue weighted by molar-refractivity contribution is -0.132. The van der Waals surface area contributed by atoms with Crippen molar-refractivity contribution in [3.8, 4) is 0 Å². The minimum Gasteiger partial charge on any atom is -0.352 e. The van der Waals surface area contributed by atoms with Crippen LogP contribution in [-0.2, 0) is 9.59 Å². The Bertz CT molecular complexity index is 569. The molecule has 5 atom stereocenters. The van der Waals surface area contributed by atoms with E-state index in [-0.39, 0.29) is 22.8 Å². The van der Waals surface area contributed by atoms with Gasteiger partial charge in [-0.05, 0) is 56.8 Å². The van der Waals surface area contributed by atoms with Gasteiger partial charge in [0.05, 0.1) is 0 Å². The molecular weight excluding hydrogens is 276 g/mol. The second kappa shape index (κ2) is 4.59. The highest BCUT2D eigenvalue weighted by Gasteiger charge is 2.56. The maximum atomic E-state index is 11.8. The lowest BCUT2D eigenvalue weighted by atomic mass is 9.48. The molecule has 0 spiro atoms. The average Bonchev–Trinajstić information content (AvgIpc) is 2.46. The Morgan fingerprint density at radius 1 is 1.09 bits per heavy atom. The van der Waals surface area contributed by atoms with Crippen LogP contribution < -0.4 is 10.6 Å². The van der Waals surface area contributed by atoms with Crippen molar-refractivity contribution in [3.05, 3.63) is 11.6 Å². The van der Waals surface area contributed by atoms with Crippen LogP contribution in [0.4, 0.5) is 0 Å². The molecule has 22 heavy (non-hydrogen) atoms. The van der Waals surface area contributed by atoms with E-state index in [2.05, 4.69) is 24.5 Å². The quantitative estimate of drug-likeness (QED) is 0.720. The summed E-state index contributed by atoms with van der Waals surface area (Å²) >= 11 is 0. The molecule has 2 N–H and O–H groups in total. The average molecular weight is 302 g/mol. The van der Waals surface area contributed by atoms with Crippen molar-refractivity contribution < 1.29 is 9.59 Å². The van der Waals surface area contributed by atoms with Gasteiger partial charge >= 0.3 is 0 Å². The Morgan fingerprint density at radius 3 is 2.73 bits per heavy atom. The fraction of sp³-hybridized carbons (Fsp3) is 0.778. The van der Waals surface area contributed by atoms with Crippen molar-refractivity contribution in [1.29, 1.82) is 0 Å². The predicted molar refractivity (Wildman–Crippen MR) is 83.9 cm³/mol. The van der Waals surface area contributed by atoms with Gasteiger partial charge in [-0.15, -0.1) is 0 Å². The predicted octanol–water partition coefficient (Wildman–Crippen LogP) is 2.15. The van der Waals surface area contributed by atoms with Crippen LogP contribution in [0.3, 0.4) is 0 Å². The van der Waals surface area contributed by atoms with Gasteiger partial charge in [0.25, 0.3) is 0 Å². The Hall–Kier alpha value is -1.32. The number of carbonyl (C=O) groups is 2. The van der Waals surface area contributed by atoms with E-state index in [9.17, 15) is 9.59 Å². The summed E-state index contributed by atoms with van der Waals surface area (Å²) in [5.74, 6) is 2.22. The first kappa shape index (κ1) is 14.3. The Morgan fingerprint density at radius 2 is 1.91 bits per heavy atom. The van der Waals surface area contributed by atoms with Crippen molar-refractivity contribution in [2.24, 2.45) is 23.2 Å². The van der Waals surface area contributed by atoms with Crippen LogP contribution in [0.25, 0.3) is 0 Å². The molecule has 4 rings (SSSR count). The molecule has 120 valence electrons. The van der Waals surface area contributed by atoms with Crippen LogP contribution >= 0.6 is 0 Å². The van der Waals surface area contributed by atoms with Gasteiger partial charge in [0.1, 0.15) is 0 Å². The molecule has 4 nitrogen and oxygen atoms in total. The Balaban J connectivity index is 1.67. The van der Waals surface area contributed by atoms with Crippen molar-refractivity contribution in [3.63, 3.8) is 0 Å². The second-order valence-electron chi connectivity index (χ2n) is 8.26. The highest BCUT2D eigenvalue weighted by Crippen LogP contribution is 2.58. The summed E-state index contributed by atoms with van der Waals surface area (Å²) in [6.45, 7) is 5.38. The molecule has 4 heteroatoms. The summed E-state index contributed by atoms with van der Waals surface area (Å²) in [5, 5.41) is 6.35. The number of nitrogens with one attached hydrogen (secondary N) is 2. The molecule has 0 aromatic carbocycles. The molecule has 4 aliphatic rings. The van der Waals surface area contributed by atoms with Crippen LogP contribution in [0.1, 0.15) is 52.4 Å². The highest BCUT2D eigenvalue weighted by molar-refractivity contribution is 5.89. The largest absolute Gasteiger partial charge is 0.352 e. The fourth-order valence-corrected chi connectivity index (χ4v) is 5.96. The Kier molecular flexibility index (Phi) is 2.98. The minimum absolute atomic E-state index is 0.00794. The maximum Gasteiger partial charge on any atom is 0.243 e. The van der Waals surface area contributed by atoms with Crippen LogP contribution in [0, 0.1) is 23.2 Å². The molecule has 2 aliphatic carbocycles. The van der Waals surface area contributed by atoms with Gasteiger partial charge in [0.15, 0.2) is 0 Å². The standard InChI is InChI=1S/C18H26N2O2/c1-17-10-19-16(22)9-11(17)3-4-12-13(17)7-8-18(2)14(12)5-6-15(21)20-18/h9,12-14H,3-8,10H2,1-2H3,(H,19,22)(H,20,21)/t12-,13?,14?,17+,18+/m1/s1. The maximum absolute atomic E-state index is 11.8. The number of fused-ring (bicyclic) bond motifs is 5. The summed E-state index contributed by atoms with van der Waals surface area (Å²) in [6, 6.07) is 0. The number of piperidine rings is 1. The van der Waals surface area contributed by atoms with Crippen molar-refractivity contribution in [2.45, 2.75) is 57.9 Å². The van der Waals surface area contributed by atoms with Gasteiger partial charge in [0, 0.05) is 30.0 Å². The molecule has 0 aromatic rings. The Labute approximate surface area is 132 Å². The van der Waals surface area contributed by atoms with E-state index < -0.39 is 0 Å². The molecule has 2 unspecified atom stereocenters. The van der Waals surface area contributed by atoms with Crippen LogP contribution in [-0.4, -0.2) is 23.9 Å². The van der Waals surface area contributed by atoms with Gasteiger partial charge in [-0.2, -0.15) is 0 Å². The summed E-state index contributed by atoms with van der Waals surface area (Å²) in [7, 11) is 0. The highest BCUT2D eigenvalue weighted by atomic mass is 16.2. The van der Waals surface area contributed by atoms with Crippen LogP contribution in [0.2, 0.25) is 0 Å². The molecule has 2 heterocycles. The van der Waals surface area contributed by atoms with Gasteiger partial charge in [0.2, 0.25) is 11.8 Å². The first-order valence-corrected chi connectivity index (χ1v) is 8.72. The van der Waals surface area contributed by atoms with Crippen molar-refractivity contribution >= 4 is 11.8 Å². The number of hydrogen-bond acceptors (Lipinski definition) is 2. The zero-order chi connectivity index (χ0) is 15.5. The summed E-state index contributed by atoms with van der Waals surface area (Å²) in [4.78, 5) is 23.5. The molecule has 0 aromatic heterocycles. The molecule has 2 amide bonds. The topological polar surface area (TPSA) is 58.2 Å². The summed E-state index contributed by atoms with van der Waals surface area (Å²) in [5.41, 5.74) is 1.48. The summed E-state index contributed by atoms with van der Waals surface area (Å²) in [6.07, 6.45) is 8.02. The van der Waals surface area contributed by atoms with Crippen LogP contribution in [0.15, 0.2) is 11.6 Å². The van der Waals surface area contributed by atoms with E-state index in [0.717, 1.165) is 32.2 Å². The van der Waals surface area contributed by atoms with E-state index in [1.54, 1.807) is 0 Å². The van der Waals surface area contributed by atoms with E-state index in [0.29, 0.717) is 24.2 Å². The van der Waals surface area contributed by atoms with Crippen molar-refractivity contribution in [2.75, 3.05) is 6.54 Å². The molecule has 0 radical (unpaired) electrons. The minimum atomic E-state index is -0.00794. The zero-order valence-electron chi connectivity index (χ0n) is 13.6. The SMILES string of the molecule is C[C@]12CNC(=O)C=C1CC[C@@H]1C2CC[C@]2(C)NC(=O)CCC12. The van der Waals surface area contributed by atoms with E-state index in [1.807, 2.05) is 6.08 Å². The number of rotatable bonds is 0. The zero-order valence-corrected chi connectivity index (χ0v) is 13.6. The lowest BCUT2D eigenvalue weighted by Gasteiger charge is -2.59. The molecule has 1 saturated heterocycles. The second-order valence-corrected chi connectivity index (χ2v) is 8.26. The fourth-order valence-electron chi connectivity index (χ4n) is 5.96. The molecule has 3 fully saturated rings. The third-order valence-electron chi connectivity index (χ3n) is 7.17. The third-order valence-corrected chi connectivity index (χ3v) is 7.17. The molecule has 0 bridgehead atoms. The van der Waals surface area contributed by atoms with E-state index in [1.165, 1.54) is 12.0 Å². The van der Waals surface area contributed by atoms with Gasteiger partial charge in [-0.3, -0.25) is 9.59 Å². The van der Waals surface area contributed by atoms with E-state index in [4.69, 9.17) is 0 Å². The van der Waals surface area contributed by atoms with E-state index >= 15 is 0 Å². The first-order valence-electron chi connectivity index (χ1n) is 8.72. The third kappa shape index (κ3) is 1.88. The lowest BCUT2D eigenvalue weighted by Crippen LogP contribution is -2.63. The normalized spacial score (nSPS) is 47.4. The molecular formula is C18H26N2O2. The van der Waals surface area contributed by atoms with Crippen molar-refractivity contribution in [1.82, 2.24) is 10.6 Å².